The molecule has 136 valence electrons. The van der Waals surface area contributed by atoms with Crippen LogP contribution in [0.5, 0.6) is 0 Å². The number of amides is 2. The van der Waals surface area contributed by atoms with Crippen molar-refractivity contribution in [3.8, 4) is 0 Å². The maximum Gasteiger partial charge on any atom is 0.247 e. The predicted molar refractivity (Wildman–Crippen MR) is 105 cm³/mol. The molecule has 0 radical (unpaired) electrons. The Hall–Kier alpha value is -2.37. The summed E-state index contributed by atoms with van der Waals surface area (Å²) in [7, 11) is 0. The third kappa shape index (κ3) is 6.17. The van der Waals surface area contributed by atoms with E-state index in [2.05, 4.69) is 10.3 Å². The maximum absolute atomic E-state index is 12.4. The molecule has 0 atom stereocenters. The van der Waals surface area contributed by atoms with Crippen LogP contribution in [0.4, 0.5) is 5.69 Å². The van der Waals surface area contributed by atoms with E-state index in [-0.39, 0.29) is 18.4 Å². The lowest BCUT2D eigenvalue weighted by atomic mass is 10.3. The van der Waals surface area contributed by atoms with Crippen molar-refractivity contribution < 1.29 is 9.59 Å². The molecule has 1 aromatic heterocycles. The van der Waals surface area contributed by atoms with Crippen molar-refractivity contribution in [1.29, 1.82) is 0 Å². The third-order valence-electron chi connectivity index (χ3n) is 3.43. The van der Waals surface area contributed by atoms with Crippen LogP contribution < -0.4 is 5.32 Å². The molecule has 0 fully saturated rings. The van der Waals surface area contributed by atoms with Gasteiger partial charge in [-0.1, -0.05) is 36.2 Å². The molecule has 0 saturated carbocycles. The second-order valence-electron chi connectivity index (χ2n) is 5.52. The topological polar surface area (TPSA) is 62.3 Å². The molecule has 0 aliphatic heterocycles. The number of rotatable bonds is 7. The van der Waals surface area contributed by atoms with Gasteiger partial charge in [-0.3, -0.25) is 14.6 Å². The van der Waals surface area contributed by atoms with Gasteiger partial charge in [0, 0.05) is 23.8 Å². The molecule has 2 amide bonds. The monoisotopic (exact) mass is 391 g/mol. The zero-order valence-corrected chi connectivity index (χ0v) is 15.8. The van der Waals surface area contributed by atoms with E-state index in [1.807, 2.05) is 13.0 Å². The highest BCUT2D eigenvalue weighted by molar-refractivity contribution is 6.36. The first-order chi connectivity index (χ1) is 12.5. The molecule has 1 heterocycles. The number of halogens is 2. The van der Waals surface area contributed by atoms with Crippen LogP contribution in [-0.2, 0) is 9.59 Å². The van der Waals surface area contributed by atoms with E-state index >= 15 is 0 Å². The fourth-order valence-electron chi connectivity index (χ4n) is 2.23. The summed E-state index contributed by atoms with van der Waals surface area (Å²) in [5.74, 6) is -0.586. The Kier molecular flexibility index (Phi) is 7.63. The lowest BCUT2D eigenvalue weighted by molar-refractivity contribution is -0.130. The van der Waals surface area contributed by atoms with Crippen LogP contribution in [0.1, 0.15) is 19.0 Å². The molecule has 0 unspecified atom stereocenters. The average molecular weight is 392 g/mol. The molecule has 0 bridgehead atoms. The second kappa shape index (κ2) is 9.94. The molecule has 0 saturated heterocycles. The summed E-state index contributed by atoms with van der Waals surface area (Å²) < 4.78 is 0. The van der Waals surface area contributed by atoms with E-state index in [1.165, 1.54) is 11.0 Å². The van der Waals surface area contributed by atoms with Crippen molar-refractivity contribution in [3.05, 3.63) is 64.4 Å². The smallest absolute Gasteiger partial charge is 0.247 e. The van der Waals surface area contributed by atoms with Gasteiger partial charge in [-0.25, -0.2) is 0 Å². The number of anilines is 1. The van der Waals surface area contributed by atoms with Gasteiger partial charge in [-0.15, -0.1) is 0 Å². The number of benzene rings is 1. The predicted octanol–water partition coefficient (Wildman–Crippen LogP) is 4.28. The van der Waals surface area contributed by atoms with Gasteiger partial charge in [0.15, 0.2) is 0 Å². The van der Waals surface area contributed by atoms with E-state index in [1.54, 1.807) is 42.6 Å². The molecule has 2 aromatic rings. The largest absolute Gasteiger partial charge is 0.330 e. The van der Waals surface area contributed by atoms with Gasteiger partial charge >= 0.3 is 0 Å². The minimum Gasteiger partial charge on any atom is -0.330 e. The highest BCUT2D eigenvalue weighted by Gasteiger charge is 2.15. The summed E-state index contributed by atoms with van der Waals surface area (Å²) >= 11 is 11.9. The molecule has 1 N–H and O–H groups in total. The summed E-state index contributed by atoms with van der Waals surface area (Å²) in [6, 6.07) is 10.2. The summed E-state index contributed by atoms with van der Waals surface area (Å²) in [4.78, 5) is 30.3. The first-order valence-electron chi connectivity index (χ1n) is 8.12. The zero-order chi connectivity index (χ0) is 18.9. The van der Waals surface area contributed by atoms with Crippen LogP contribution in [0.15, 0.2) is 48.7 Å². The number of carbonyl (C=O) groups is 2. The Morgan fingerprint density at radius 1 is 1.23 bits per heavy atom. The van der Waals surface area contributed by atoms with Crippen molar-refractivity contribution in [2.24, 2.45) is 0 Å². The van der Waals surface area contributed by atoms with Gasteiger partial charge in [0.1, 0.15) is 6.54 Å². The molecule has 2 rings (SSSR count). The Morgan fingerprint density at radius 3 is 2.69 bits per heavy atom. The maximum atomic E-state index is 12.4. The van der Waals surface area contributed by atoms with Crippen molar-refractivity contribution in [2.45, 2.75) is 13.3 Å². The van der Waals surface area contributed by atoms with Crippen LogP contribution in [0.25, 0.3) is 6.08 Å². The number of aromatic nitrogens is 1. The van der Waals surface area contributed by atoms with Crippen LogP contribution in [0, 0.1) is 0 Å². The molecular weight excluding hydrogens is 373 g/mol. The van der Waals surface area contributed by atoms with Crippen LogP contribution in [0.2, 0.25) is 10.0 Å². The van der Waals surface area contributed by atoms with Gasteiger partial charge in [-0.05, 0) is 42.8 Å². The first kappa shape index (κ1) is 19.9. The number of nitrogens with one attached hydrogen (secondary N) is 1. The van der Waals surface area contributed by atoms with Crippen molar-refractivity contribution in [3.63, 3.8) is 0 Å². The first-order valence-corrected chi connectivity index (χ1v) is 8.88. The Morgan fingerprint density at radius 2 is 2.04 bits per heavy atom. The van der Waals surface area contributed by atoms with E-state index < -0.39 is 0 Å². The molecule has 1 aromatic carbocycles. The Labute approximate surface area is 162 Å². The normalized spacial score (nSPS) is 10.7. The number of pyridine rings is 1. The Bertz CT molecular complexity index is 795. The van der Waals surface area contributed by atoms with Gasteiger partial charge in [0.25, 0.3) is 0 Å². The minimum absolute atomic E-state index is 0.0712. The van der Waals surface area contributed by atoms with Gasteiger partial charge in [0.2, 0.25) is 11.8 Å². The molecule has 0 spiro atoms. The highest BCUT2D eigenvalue weighted by atomic mass is 35.5. The summed E-state index contributed by atoms with van der Waals surface area (Å²) in [6.45, 7) is 2.34. The number of hydrogen-bond donors (Lipinski definition) is 1. The van der Waals surface area contributed by atoms with Gasteiger partial charge < -0.3 is 10.2 Å². The van der Waals surface area contributed by atoms with E-state index in [0.29, 0.717) is 28.0 Å². The molecule has 7 heteroatoms. The lowest BCUT2D eigenvalue weighted by Gasteiger charge is -2.20. The fourth-order valence-corrected chi connectivity index (χ4v) is 2.68. The van der Waals surface area contributed by atoms with Crippen molar-refractivity contribution >= 4 is 46.8 Å². The quantitative estimate of drug-likeness (QED) is 0.716. The molecule has 26 heavy (non-hydrogen) atoms. The molecule has 0 aliphatic carbocycles. The van der Waals surface area contributed by atoms with E-state index in [0.717, 1.165) is 6.42 Å². The second-order valence-corrected chi connectivity index (χ2v) is 6.36. The number of nitrogens with zero attached hydrogens (tertiary/aromatic N) is 2. The van der Waals surface area contributed by atoms with Gasteiger partial charge in [-0.2, -0.15) is 0 Å². The van der Waals surface area contributed by atoms with E-state index in [9.17, 15) is 9.59 Å². The SMILES string of the molecule is CCCN(CC(=O)Nc1ccc(Cl)cc1Cl)C(=O)/C=C/c1ccccn1. The summed E-state index contributed by atoms with van der Waals surface area (Å²) in [5.41, 5.74) is 1.13. The minimum atomic E-state index is -0.331. The summed E-state index contributed by atoms with van der Waals surface area (Å²) in [5, 5.41) is 3.52. The average Bonchev–Trinajstić information content (AvgIpc) is 2.62. The lowest BCUT2D eigenvalue weighted by Crippen LogP contribution is -2.37. The van der Waals surface area contributed by atoms with Crippen LogP contribution in [-0.4, -0.2) is 34.8 Å². The van der Waals surface area contributed by atoms with Crippen LogP contribution in [0.3, 0.4) is 0 Å². The molecular formula is C19H19Cl2N3O2. The molecule has 0 aliphatic rings. The van der Waals surface area contributed by atoms with E-state index in [4.69, 9.17) is 23.2 Å². The zero-order valence-electron chi connectivity index (χ0n) is 14.3. The van der Waals surface area contributed by atoms with Crippen molar-refractivity contribution in [1.82, 2.24) is 9.88 Å². The van der Waals surface area contributed by atoms with Crippen LogP contribution >= 0.6 is 23.2 Å². The number of carbonyl (C=O) groups excluding carboxylic acids is 2. The number of hydrogen-bond acceptors (Lipinski definition) is 3. The Balaban J connectivity index is 2.00. The van der Waals surface area contributed by atoms with Crippen molar-refractivity contribution in [2.75, 3.05) is 18.4 Å². The van der Waals surface area contributed by atoms with Gasteiger partial charge in [0.05, 0.1) is 16.4 Å². The highest BCUT2D eigenvalue weighted by Crippen LogP contribution is 2.25. The standard InChI is InChI=1S/C19H19Cl2N3O2/c1-2-11-24(19(26)9-7-15-5-3-4-10-22-15)13-18(25)23-17-8-6-14(20)12-16(17)21/h3-10,12H,2,11,13H2,1H3,(H,23,25)/b9-7+. The third-order valence-corrected chi connectivity index (χ3v) is 3.98. The molecule has 5 nitrogen and oxygen atoms in total. The summed E-state index contributed by atoms with van der Waals surface area (Å²) in [6.07, 6.45) is 5.43. The fraction of sp³-hybridized carbons (Fsp3) is 0.211.